The maximum absolute atomic E-state index is 13.9. The van der Waals surface area contributed by atoms with Crippen LogP contribution in [-0.4, -0.2) is 194 Å². The highest BCUT2D eigenvalue weighted by Crippen LogP contribution is 2.35. The van der Waals surface area contributed by atoms with Crippen LogP contribution in [0.2, 0.25) is 0 Å². The van der Waals surface area contributed by atoms with E-state index in [-0.39, 0.29) is 104 Å². The Morgan fingerprint density at radius 1 is 0.588 bits per heavy atom. The van der Waals surface area contributed by atoms with Crippen molar-refractivity contribution in [3.8, 4) is 11.8 Å². The molecule has 2 aliphatic rings. The van der Waals surface area contributed by atoms with Crippen molar-refractivity contribution in [2.24, 2.45) is 23.7 Å². The molecule has 1 heterocycles. The molecule has 22 nitrogen and oxygen atoms in total. The second-order valence-electron chi connectivity index (χ2n) is 22.8. The van der Waals surface area contributed by atoms with E-state index in [1.165, 1.54) is 6.92 Å². The van der Waals surface area contributed by atoms with Gasteiger partial charge in [-0.1, -0.05) is 66.2 Å². The molecule has 1 aromatic heterocycles. The monoisotopic (exact) mass is 1200 g/mol. The number of carbonyl (C=O) groups is 7. The minimum atomic E-state index is -0.826. The zero-order valence-corrected chi connectivity index (χ0v) is 52.3. The molecule has 2 aliphatic carbocycles. The van der Waals surface area contributed by atoms with Gasteiger partial charge in [0.25, 0.3) is 0 Å². The van der Waals surface area contributed by atoms with Crippen molar-refractivity contribution in [1.82, 2.24) is 26.0 Å². The molecular weight excluding hydrogens is 1100 g/mol. The molecule has 0 fully saturated rings. The predicted molar refractivity (Wildman–Crippen MR) is 318 cm³/mol. The van der Waals surface area contributed by atoms with Gasteiger partial charge in [-0.3, -0.25) is 33.6 Å². The Balaban J connectivity index is 1.35. The maximum Gasteiger partial charge on any atom is 0.246 e. The highest BCUT2D eigenvalue weighted by atomic mass is 16.6. The Morgan fingerprint density at radius 3 is 1.81 bits per heavy atom. The molecule has 3 rings (SSSR count). The summed E-state index contributed by atoms with van der Waals surface area (Å²) in [6, 6.07) is -0.826. The lowest BCUT2D eigenvalue weighted by molar-refractivity contribution is -0.135. The van der Waals surface area contributed by atoms with Gasteiger partial charge in [0.1, 0.15) is 48.5 Å². The summed E-state index contributed by atoms with van der Waals surface area (Å²) in [5, 5.41) is 17.6. The highest BCUT2D eigenvalue weighted by Gasteiger charge is 2.32. The van der Waals surface area contributed by atoms with Crippen molar-refractivity contribution in [2.75, 3.05) is 125 Å². The molecule has 0 saturated heterocycles. The molecule has 3 N–H and O–H groups in total. The van der Waals surface area contributed by atoms with Crippen LogP contribution in [0, 0.1) is 35.5 Å². The summed E-state index contributed by atoms with van der Waals surface area (Å²) < 4.78 is 56.7. The molecule has 3 unspecified atom stereocenters. The molecule has 22 heteroatoms. The summed E-state index contributed by atoms with van der Waals surface area (Å²) in [6.45, 7) is 17.1. The van der Waals surface area contributed by atoms with E-state index in [0.717, 1.165) is 63.5 Å². The molecule has 6 atom stereocenters. The van der Waals surface area contributed by atoms with Gasteiger partial charge in [-0.05, 0) is 70.6 Å². The van der Waals surface area contributed by atoms with Crippen LogP contribution >= 0.6 is 0 Å². The third-order valence-corrected chi connectivity index (χ3v) is 14.7. The molecule has 0 radical (unpaired) electrons. The van der Waals surface area contributed by atoms with Gasteiger partial charge in [-0.15, -0.1) is 5.92 Å². The molecule has 2 amide bonds. The van der Waals surface area contributed by atoms with E-state index < -0.39 is 29.9 Å². The van der Waals surface area contributed by atoms with Gasteiger partial charge in [-0.25, -0.2) is 0 Å². The van der Waals surface area contributed by atoms with Crippen molar-refractivity contribution < 1.29 is 80.9 Å². The number of hydrogen-bond donors (Lipinski definition) is 3. The zero-order valence-electron chi connectivity index (χ0n) is 52.3. The number of aromatic nitrogens is 3. The fourth-order valence-corrected chi connectivity index (χ4v) is 9.78. The van der Waals surface area contributed by atoms with Gasteiger partial charge in [0, 0.05) is 82.0 Å². The van der Waals surface area contributed by atoms with Crippen LogP contribution in [0.15, 0.2) is 0 Å². The number of hydrogen-bond acceptors (Lipinski definition) is 19. The van der Waals surface area contributed by atoms with Crippen LogP contribution in [-0.2, 0) is 80.9 Å². The van der Waals surface area contributed by atoms with Crippen molar-refractivity contribution in [1.29, 1.82) is 0 Å². The van der Waals surface area contributed by atoms with E-state index in [1.54, 1.807) is 20.8 Å². The number of carbonyl (C=O) groups excluding carboxylic acids is 7. The smallest absolute Gasteiger partial charge is 0.246 e. The van der Waals surface area contributed by atoms with E-state index in [9.17, 15) is 33.6 Å². The van der Waals surface area contributed by atoms with E-state index in [2.05, 4.69) is 37.9 Å². The molecule has 0 aliphatic heterocycles. The number of fused-ring (bicyclic) bond motifs is 1. The van der Waals surface area contributed by atoms with Crippen molar-refractivity contribution in [2.45, 2.75) is 188 Å². The summed E-state index contributed by atoms with van der Waals surface area (Å²) in [7, 11) is 0. The second-order valence-corrected chi connectivity index (χ2v) is 22.8. The molecule has 0 saturated carbocycles. The molecule has 0 spiro atoms. The van der Waals surface area contributed by atoms with Crippen molar-refractivity contribution in [3.05, 3.63) is 11.4 Å². The Hall–Kier alpha value is -4.41. The van der Waals surface area contributed by atoms with Crippen molar-refractivity contribution >= 4 is 40.7 Å². The van der Waals surface area contributed by atoms with Crippen LogP contribution in [0.25, 0.3) is 0 Å². The molecule has 0 bridgehead atoms. The lowest BCUT2D eigenvalue weighted by Gasteiger charge is -2.25. The number of amides is 2. The first-order chi connectivity index (χ1) is 41.2. The van der Waals surface area contributed by atoms with E-state index in [1.807, 2.05) is 13.8 Å². The number of nitrogens with one attached hydrogen (secondary N) is 3. The first-order valence-corrected chi connectivity index (χ1v) is 31.6. The van der Waals surface area contributed by atoms with E-state index >= 15 is 0 Å². The fourth-order valence-electron chi connectivity index (χ4n) is 9.78. The normalized spacial score (nSPS) is 17.3. The minimum absolute atomic E-state index is 0.00629. The number of nitrogens with zero attached hydrogens (tertiary/aromatic N) is 2. The molecule has 85 heavy (non-hydrogen) atoms. The predicted octanol–water partition coefficient (Wildman–Crippen LogP) is 6.94. The summed E-state index contributed by atoms with van der Waals surface area (Å²) in [5.74, 6) is 3.73. The molecule has 1 aromatic rings. The van der Waals surface area contributed by atoms with Gasteiger partial charge in [0.05, 0.1) is 104 Å². The van der Waals surface area contributed by atoms with Gasteiger partial charge in [0.2, 0.25) is 11.8 Å². The summed E-state index contributed by atoms with van der Waals surface area (Å²) in [4.78, 5) is 89.7. The Bertz CT molecular complexity index is 2090. The standard InChI is InChI=1S/C63H105N5O17/c1-47(2)59(56(72)43-49(5)62(74)48(3)4)65-63(75)52(44-53(70)25-30-79-34-38-83-40-39-80-35-31-76-27-16-19-54(71)45-84-55-20-10-8-7-9-11-21-55)18-14-15-26-64-58(73)46-85-57-22-13-12-17-51(60-61(57)67-68-66-60)24-29-78-33-37-82-42-41-81-36-32-77-28-23-50(6)69/h47-49,51-52,55,57,59H,7-10,12-20,22-46H2,1-6H3,(H,64,73)(H,65,75)(H,66,67,68)/t49-,51?,52+,55?,57?,59+/m1/s1. The minimum Gasteiger partial charge on any atom is -0.379 e. The highest BCUT2D eigenvalue weighted by molar-refractivity contribution is 5.94. The molecule has 0 aromatic carbocycles. The lowest BCUT2D eigenvalue weighted by Crippen LogP contribution is -2.47. The Labute approximate surface area is 506 Å². The largest absolute Gasteiger partial charge is 0.379 e. The number of H-pyrrole nitrogens is 1. The SMILES string of the molecule is CC(=O)CCOCCOCCOCCOCCC1CCCCC(OCC(=O)NCCCC[C@@H](CC(=O)CCOCCOCCOCCOCCCC(=O)COC2C#CCCCCC2)C(=O)N[C@H](C(=O)C[C@@H](C)C(=O)C(C)C)C(C)C)c2n[nH]nc21. The number of aromatic amines is 1. The third-order valence-electron chi connectivity index (χ3n) is 14.7. The summed E-state index contributed by atoms with van der Waals surface area (Å²) in [5.41, 5.74) is 1.54. The van der Waals surface area contributed by atoms with E-state index in [0.29, 0.717) is 150 Å². The molecular formula is C63H105N5O17. The van der Waals surface area contributed by atoms with Gasteiger partial charge in [0.15, 0.2) is 11.6 Å². The number of unbranched alkanes of at least 4 members (excludes halogenated alkanes) is 1. The third kappa shape index (κ3) is 35.9. The number of ketones is 5. The van der Waals surface area contributed by atoms with Crippen molar-refractivity contribution in [3.63, 3.8) is 0 Å². The first-order valence-electron chi connectivity index (χ1n) is 31.6. The number of rotatable bonds is 52. The van der Waals surface area contributed by atoms with Crippen LogP contribution < -0.4 is 10.6 Å². The number of Topliss-reactive ketones (excluding diaryl/α,β-unsaturated/α-hetero) is 5. The zero-order chi connectivity index (χ0) is 61.7. The topological polar surface area (TPSA) is 277 Å². The van der Waals surface area contributed by atoms with Crippen LogP contribution in [0.3, 0.4) is 0 Å². The molecule has 484 valence electrons. The fraction of sp³-hybridized carbons (Fsp3) is 0.825. The average molecular weight is 1200 g/mol. The van der Waals surface area contributed by atoms with Crippen LogP contribution in [0.1, 0.15) is 187 Å². The number of ether oxygens (including phenoxy) is 10. The van der Waals surface area contributed by atoms with Crippen LogP contribution in [0.4, 0.5) is 0 Å². The van der Waals surface area contributed by atoms with Gasteiger partial charge < -0.3 is 58.0 Å². The second kappa shape index (κ2) is 47.6. The first kappa shape index (κ1) is 74.8. The Morgan fingerprint density at radius 2 is 1.18 bits per heavy atom. The van der Waals surface area contributed by atoms with Crippen LogP contribution in [0.5, 0.6) is 0 Å². The Kier molecular flexibility index (Phi) is 41.9. The maximum atomic E-state index is 13.9. The van der Waals surface area contributed by atoms with E-state index in [4.69, 9.17) is 47.4 Å². The summed E-state index contributed by atoms with van der Waals surface area (Å²) in [6.07, 6.45) is 11.7. The average Bonchev–Trinajstić information content (AvgIpc) is 4.23. The van der Waals surface area contributed by atoms with Gasteiger partial charge in [-0.2, -0.15) is 15.4 Å². The van der Waals surface area contributed by atoms with Gasteiger partial charge >= 0.3 is 0 Å². The summed E-state index contributed by atoms with van der Waals surface area (Å²) >= 11 is 0. The quantitative estimate of drug-likeness (QED) is 0.0440. The lowest BCUT2D eigenvalue weighted by atomic mass is 9.87.